The summed E-state index contributed by atoms with van der Waals surface area (Å²) in [5.41, 5.74) is 2.05. The molecule has 0 heterocycles. The lowest BCUT2D eigenvalue weighted by atomic mass is 10.0. The molecule has 1 atom stereocenters. The normalized spacial score (nSPS) is 12.1. The molecule has 1 N–H and O–H groups in total. The lowest BCUT2D eigenvalue weighted by Gasteiger charge is -2.07. The molecule has 19 heavy (non-hydrogen) atoms. The van der Waals surface area contributed by atoms with E-state index in [4.69, 9.17) is 5.11 Å². The zero-order valence-corrected chi connectivity index (χ0v) is 11.6. The fourth-order valence-corrected chi connectivity index (χ4v) is 2.60. The van der Waals surface area contributed by atoms with Gasteiger partial charge in [0.15, 0.2) is 0 Å². The molecule has 0 saturated carbocycles. The molecular formula is C16H16O2S. The molecule has 98 valence electrons. The summed E-state index contributed by atoms with van der Waals surface area (Å²) in [4.78, 5) is 12.1. The highest BCUT2D eigenvalue weighted by Crippen LogP contribution is 2.23. The van der Waals surface area contributed by atoms with Crippen molar-refractivity contribution in [3.63, 3.8) is 0 Å². The molecule has 2 rings (SSSR count). The molecule has 0 aromatic heterocycles. The van der Waals surface area contributed by atoms with Crippen LogP contribution < -0.4 is 0 Å². The Morgan fingerprint density at radius 1 is 1.11 bits per heavy atom. The highest BCUT2D eigenvalue weighted by Gasteiger charge is 2.12. The van der Waals surface area contributed by atoms with Gasteiger partial charge in [0, 0.05) is 10.6 Å². The zero-order chi connectivity index (χ0) is 13.7. The Morgan fingerprint density at radius 2 is 1.74 bits per heavy atom. The third-order valence-corrected chi connectivity index (χ3v) is 4.08. The molecule has 0 amide bonds. The van der Waals surface area contributed by atoms with Gasteiger partial charge in [0.1, 0.15) is 0 Å². The topological polar surface area (TPSA) is 37.3 Å². The van der Waals surface area contributed by atoms with Crippen LogP contribution in [0.15, 0.2) is 59.5 Å². The van der Waals surface area contributed by atoms with Crippen LogP contribution >= 0.6 is 11.8 Å². The fourth-order valence-electron chi connectivity index (χ4n) is 1.73. The Bertz CT molecular complexity index is 534. The first kappa shape index (κ1) is 13.7. The van der Waals surface area contributed by atoms with Crippen LogP contribution in [0, 0.1) is 0 Å². The molecule has 3 heteroatoms. The molecule has 1 unspecified atom stereocenters. The van der Waals surface area contributed by atoms with Crippen molar-refractivity contribution < 1.29 is 9.90 Å². The van der Waals surface area contributed by atoms with Crippen molar-refractivity contribution in [1.29, 1.82) is 0 Å². The van der Waals surface area contributed by atoms with E-state index in [9.17, 15) is 4.79 Å². The van der Waals surface area contributed by atoms with Crippen LogP contribution in [0.2, 0.25) is 0 Å². The number of carboxylic acid groups (broad SMARTS) is 1. The third-order valence-electron chi connectivity index (χ3n) is 3.00. The maximum Gasteiger partial charge on any atom is 0.310 e. The van der Waals surface area contributed by atoms with Crippen LogP contribution in [0.25, 0.3) is 0 Å². The van der Waals surface area contributed by atoms with Gasteiger partial charge in [-0.3, -0.25) is 4.79 Å². The number of rotatable bonds is 5. The van der Waals surface area contributed by atoms with Gasteiger partial charge in [0.2, 0.25) is 0 Å². The molecule has 0 aliphatic rings. The first-order chi connectivity index (χ1) is 9.16. The van der Waals surface area contributed by atoms with Crippen LogP contribution in [0.4, 0.5) is 0 Å². The Kier molecular flexibility index (Phi) is 4.63. The van der Waals surface area contributed by atoms with E-state index in [2.05, 4.69) is 12.1 Å². The average Bonchev–Trinajstić information content (AvgIpc) is 2.46. The van der Waals surface area contributed by atoms with Crippen molar-refractivity contribution in [2.45, 2.75) is 23.5 Å². The van der Waals surface area contributed by atoms with E-state index in [0.717, 1.165) is 11.3 Å². The fraction of sp³-hybridized carbons (Fsp3) is 0.188. The van der Waals surface area contributed by atoms with Gasteiger partial charge >= 0.3 is 5.97 Å². The van der Waals surface area contributed by atoms with E-state index in [-0.39, 0.29) is 0 Å². The first-order valence-electron chi connectivity index (χ1n) is 6.16. The minimum atomic E-state index is -0.786. The van der Waals surface area contributed by atoms with Crippen LogP contribution in [0.5, 0.6) is 0 Å². The summed E-state index contributed by atoms with van der Waals surface area (Å²) >= 11 is 1.78. The zero-order valence-electron chi connectivity index (χ0n) is 10.7. The lowest BCUT2D eigenvalue weighted by molar-refractivity contribution is -0.138. The van der Waals surface area contributed by atoms with E-state index >= 15 is 0 Å². The second-order valence-corrected chi connectivity index (χ2v) is 5.45. The van der Waals surface area contributed by atoms with Crippen molar-refractivity contribution in [1.82, 2.24) is 0 Å². The summed E-state index contributed by atoms with van der Waals surface area (Å²) in [5.74, 6) is -0.339. The van der Waals surface area contributed by atoms with Gasteiger partial charge in [0.05, 0.1) is 5.92 Å². The van der Waals surface area contributed by atoms with E-state index in [0.29, 0.717) is 0 Å². The van der Waals surface area contributed by atoms with Crippen molar-refractivity contribution >= 4 is 17.7 Å². The van der Waals surface area contributed by atoms with Gasteiger partial charge in [0.25, 0.3) is 0 Å². The standard InChI is InChI=1S/C16H16O2S/c1-12(16(17)18)14-9-7-13(8-10-14)11-19-15-5-3-2-4-6-15/h2-10,12H,11H2,1H3,(H,17,18). The van der Waals surface area contributed by atoms with E-state index in [1.807, 2.05) is 42.5 Å². The molecular weight excluding hydrogens is 256 g/mol. The third kappa shape index (κ3) is 3.86. The van der Waals surface area contributed by atoms with Gasteiger partial charge in [-0.05, 0) is 30.2 Å². The van der Waals surface area contributed by atoms with Crippen molar-refractivity contribution in [2.75, 3.05) is 0 Å². The summed E-state index contributed by atoms with van der Waals surface area (Å²) < 4.78 is 0. The molecule has 0 aliphatic heterocycles. The Balaban J connectivity index is 1.97. The van der Waals surface area contributed by atoms with E-state index in [1.165, 1.54) is 10.5 Å². The summed E-state index contributed by atoms with van der Waals surface area (Å²) in [6.07, 6.45) is 0. The van der Waals surface area contributed by atoms with Crippen LogP contribution in [0.3, 0.4) is 0 Å². The summed E-state index contributed by atoms with van der Waals surface area (Å²) in [7, 11) is 0. The summed E-state index contributed by atoms with van der Waals surface area (Å²) in [5, 5.41) is 8.95. The second kappa shape index (κ2) is 6.43. The molecule has 0 aliphatic carbocycles. The molecule has 0 fully saturated rings. The van der Waals surface area contributed by atoms with Crippen LogP contribution in [0.1, 0.15) is 24.0 Å². The molecule has 0 spiro atoms. The highest BCUT2D eigenvalue weighted by molar-refractivity contribution is 7.98. The quantitative estimate of drug-likeness (QED) is 0.830. The SMILES string of the molecule is CC(C(=O)O)c1ccc(CSc2ccccc2)cc1. The smallest absolute Gasteiger partial charge is 0.310 e. The maximum absolute atomic E-state index is 10.9. The summed E-state index contributed by atoms with van der Waals surface area (Å²) in [6.45, 7) is 1.70. The minimum Gasteiger partial charge on any atom is -0.481 e. The van der Waals surface area contributed by atoms with Gasteiger partial charge in [-0.1, -0.05) is 42.5 Å². The molecule has 0 bridgehead atoms. The Hall–Kier alpha value is -1.74. The first-order valence-corrected chi connectivity index (χ1v) is 7.15. The lowest BCUT2D eigenvalue weighted by Crippen LogP contribution is -2.07. The predicted molar refractivity (Wildman–Crippen MR) is 78.5 cm³/mol. The number of hydrogen-bond donors (Lipinski definition) is 1. The van der Waals surface area contributed by atoms with Gasteiger partial charge < -0.3 is 5.11 Å². The number of aliphatic carboxylic acids is 1. The number of carbonyl (C=O) groups is 1. The number of carboxylic acids is 1. The number of thioether (sulfide) groups is 1. The number of benzene rings is 2. The Labute approximate surface area is 117 Å². The van der Waals surface area contributed by atoms with Gasteiger partial charge in [-0.2, -0.15) is 0 Å². The number of hydrogen-bond acceptors (Lipinski definition) is 2. The Morgan fingerprint density at radius 3 is 2.32 bits per heavy atom. The highest BCUT2D eigenvalue weighted by atomic mass is 32.2. The molecule has 2 nitrogen and oxygen atoms in total. The predicted octanol–water partition coefficient (Wildman–Crippen LogP) is 4.17. The van der Waals surface area contributed by atoms with Crippen LogP contribution in [-0.2, 0) is 10.5 Å². The molecule has 0 radical (unpaired) electrons. The maximum atomic E-state index is 10.9. The summed E-state index contributed by atoms with van der Waals surface area (Å²) in [6, 6.07) is 18.1. The minimum absolute atomic E-state index is 0.448. The van der Waals surface area contributed by atoms with E-state index in [1.54, 1.807) is 18.7 Å². The van der Waals surface area contributed by atoms with Gasteiger partial charge in [-0.15, -0.1) is 11.8 Å². The molecule has 0 saturated heterocycles. The van der Waals surface area contributed by atoms with Crippen molar-refractivity contribution in [2.24, 2.45) is 0 Å². The van der Waals surface area contributed by atoms with Gasteiger partial charge in [-0.25, -0.2) is 0 Å². The van der Waals surface area contributed by atoms with Crippen molar-refractivity contribution in [3.05, 3.63) is 65.7 Å². The monoisotopic (exact) mass is 272 g/mol. The van der Waals surface area contributed by atoms with Crippen molar-refractivity contribution in [3.8, 4) is 0 Å². The largest absolute Gasteiger partial charge is 0.481 e. The molecule has 2 aromatic rings. The molecule has 2 aromatic carbocycles. The van der Waals surface area contributed by atoms with Crippen LogP contribution in [-0.4, -0.2) is 11.1 Å². The second-order valence-electron chi connectivity index (χ2n) is 4.40. The van der Waals surface area contributed by atoms with E-state index < -0.39 is 11.9 Å². The average molecular weight is 272 g/mol.